The first-order valence-corrected chi connectivity index (χ1v) is 8.46. The Hall–Kier alpha value is -2.93. The van der Waals surface area contributed by atoms with Crippen LogP contribution in [-0.2, 0) is 11.8 Å². The molecule has 0 spiro atoms. The van der Waals surface area contributed by atoms with E-state index in [2.05, 4.69) is 20.5 Å². The van der Waals surface area contributed by atoms with E-state index in [1.165, 1.54) is 12.4 Å². The summed E-state index contributed by atoms with van der Waals surface area (Å²) >= 11 is 6.16. The van der Waals surface area contributed by atoms with Crippen LogP contribution in [0.3, 0.4) is 0 Å². The second kappa shape index (κ2) is 7.53. The van der Waals surface area contributed by atoms with E-state index in [-0.39, 0.29) is 11.9 Å². The highest BCUT2D eigenvalue weighted by atomic mass is 35.5. The SMILES string of the molecule is Cc1nn(C)c(Cl)c1/C=C/C(=O)NC(C)c1ccc(-n2cncn2)cc1. The summed E-state index contributed by atoms with van der Waals surface area (Å²) < 4.78 is 3.25. The molecule has 0 aliphatic heterocycles. The molecule has 3 rings (SSSR count). The first-order valence-electron chi connectivity index (χ1n) is 8.08. The number of amides is 1. The molecular weight excluding hydrogens is 352 g/mol. The first-order chi connectivity index (χ1) is 12.5. The summed E-state index contributed by atoms with van der Waals surface area (Å²) in [4.78, 5) is 16.1. The highest BCUT2D eigenvalue weighted by molar-refractivity contribution is 6.31. The number of benzene rings is 1. The molecule has 1 unspecified atom stereocenters. The molecule has 0 radical (unpaired) electrons. The Morgan fingerprint density at radius 3 is 2.62 bits per heavy atom. The predicted molar refractivity (Wildman–Crippen MR) is 99.9 cm³/mol. The van der Waals surface area contributed by atoms with E-state index < -0.39 is 0 Å². The normalized spacial score (nSPS) is 12.5. The lowest BCUT2D eigenvalue weighted by atomic mass is 10.1. The van der Waals surface area contributed by atoms with Crippen molar-refractivity contribution in [3.63, 3.8) is 0 Å². The second-order valence-corrected chi connectivity index (χ2v) is 6.27. The smallest absolute Gasteiger partial charge is 0.244 e. The molecule has 7 nitrogen and oxygen atoms in total. The number of nitrogens with one attached hydrogen (secondary N) is 1. The van der Waals surface area contributed by atoms with Gasteiger partial charge in [-0.3, -0.25) is 9.48 Å². The van der Waals surface area contributed by atoms with E-state index in [9.17, 15) is 4.79 Å². The van der Waals surface area contributed by atoms with Crippen LogP contribution in [0.4, 0.5) is 0 Å². The van der Waals surface area contributed by atoms with Crippen LogP contribution in [0.5, 0.6) is 0 Å². The third kappa shape index (κ3) is 3.83. The van der Waals surface area contributed by atoms with Crippen molar-refractivity contribution >= 4 is 23.6 Å². The predicted octanol–water partition coefficient (Wildman–Crippen LogP) is 2.85. The van der Waals surface area contributed by atoms with Gasteiger partial charge in [-0.25, -0.2) is 9.67 Å². The largest absolute Gasteiger partial charge is 0.346 e. The van der Waals surface area contributed by atoms with E-state index in [1.807, 2.05) is 38.1 Å². The number of carbonyl (C=O) groups excluding carboxylic acids is 1. The van der Waals surface area contributed by atoms with Crippen molar-refractivity contribution in [1.82, 2.24) is 29.9 Å². The minimum atomic E-state index is -0.197. The maximum Gasteiger partial charge on any atom is 0.244 e. The Labute approximate surface area is 156 Å². The van der Waals surface area contributed by atoms with Crippen LogP contribution >= 0.6 is 11.6 Å². The van der Waals surface area contributed by atoms with Crippen molar-refractivity contribution in [1.29, 1.82) is 0 Å². The molecule has 26 heavy (non-hydrogen) atoms. The monoisotopic (exact) mass is 370 g/mol. The zero-order chi connectivity index (χ0) is 18.7. The fraction of sp³-hybridized carbons (Fsp3) is 0.222. The van der Waals surface area contributed by atoms with Crippen LogP contribution in [0.15, 0.2) is 43.0 Å². The molecule has 0 saturated carbocycles. The van der Waals surface area contributed by atoms with Gasteiger partial charge in [0.25, 0.3) is 0 Å². The van der Waals surface area contributed by atoms with E-state index in [4.69, 9.17) is 11.6 Å². The van der Waals surface area contributed by atoms with Crippen molar-refractivity contribution in [3.8, 4) is 5.69 Å². The van der Waals surface area contributed by atoms with Crippen LogP contribution in [0, 0.1) is 6.92 Å². The third-order valence-corrected chi connectivity index (χ3v) is 4.48. The molecule has 2 heterocycles. The van der Waals surface area contributed by atoms with Crippen molar-refractivity contribution in [2.45, 2.75) is 19.9 Å². The Morgan fingerprint density at radius 1 is 1.31 bits per heavy atom. The number of halogens is 1. The minimum absolute atomic E-state index is 0.137. The average molecular weight is 371 g/mol. The van der Waals surface area contributed by atoms with E-state index in [0.717, 1.165) is 22.5 Å². The zero-order valence-electron chi connectivity index (χ0n) is 14.7. The summed E-state index contributed by atoms with van der Waals surface area (Å²) in [6, 6.07) is 7.63. The summed E-state index contributed by atoms with van der Waals surface area (Å²) in [5.74, 6) is -0.197. The molecule has 0 fully saturated rings. The highest BCUT2D eigenvalue weighted by Crippen LogP contribution is 2.20. The molecule has 1 aromatic carbocycles. The number of carbonyl (C=O) groups is 1. The highest BCUT2D eigenvalue weighted by Gasteiger charge is 2.10. The fourth-order valence-corrected chi connectivity index (χ4v) is 2.83. The topological polar surface area (TPSA) is 77.6 Å². The van der Waals surface area contributed by atoms with E-state index in [0.29, 0.717) is 5.15 Å². The quantitative estimate of drug-likeness (QED) is 0.700. The molecule has 0 saturated heterocycles. The van der Waals surface area contributed by atoms with Crippen LogP contribution in [0.2, 0.25) is 5.15 Å². The minimum Gasteiger partial charge on any atom is -0.346 e. The molecule has 8 heteroatoms. The average Bonchev–Trinajstić information content (AvgIpc) is 3.23. The fourth-order valence-electron chi connectivity index (χ4n) is 2.60. The number of aromatic nitrogens is 5. The Morgan fingerprint density at radius 2 is 2.04 bits per heavy atom. The number of hydrogen-bond donors (Lipinski definition) is 1. The van der Waals surface area contributed by atoms with Crippen LogP contribution < -0.4 is 5.32 Å². The second-order valence-electron chi connectivity index (χ2n) is 5.91. The van der Waals surface area contributed by atoms with Gasteiger partial charge >= 0.3 is 0 Å². The third-order valence-electron chi connectivity index (χ3n) is 4.03. The molecule has 1 N–H and O–H groups in total. The number of aryl methyl sites for hydroxylation is 2. The van der Waals surface area contributed by atoms with Gasteiger partial charge in [0.05, 0.1) is 17.4 Å². The molecule has 0 bridgehead atoms. The molecule has 134 valence electrons. The summed E-state index contributed by atoms with van der Waals surface area (Å²) in [5.41, 5.74) is 3.42. The Kier molecular flexibility index (Phi) is 5.18. The lowest BCUT2D eigenvalue weighted by Crippen LogP contribution is -2.24. The maximum absolute atomic E-state index is 12.2. The van der Waals surface area contributed by atoms with Gasteiger partial charge in [-0.2, -0.15) is 10.2 Å². The van der Waals surface area contributed by atoms with E-state index >= 15 is 0 Å². The summed E-state index contributed by atoms with van der Waals surface area (Å²) in [5, 5.41) is 11.7. The summed E-state index contributed by atoms with van der Waals surface area (Å²) in [6.45, 7) is 3.78. The lowest BCUT2D eigenvalue weighted by Gasteiger charge is -2.13. The van der Waals surface area contributed by atoms with Gasteiger partial charge in [0.1, 0.15) is 17.8 Å². The molecule has 1 amide bonds. The van der Waals surface area contributed by atoms with Crippen molar-refractivity contribution in [2.75, 3.05) is 0 Å². The number of hydrogen-bond acceptors (Lipinski definition) is 4. The molecular formula is C18H19ClN6O. The van der Waals surface area contributed by atoms with Crippen LogP contribution in [0.25, 0.3) is 11.8 Å². The lowest BCUT2D eigenvalue weighted by molar-refractivity contribution is -0.117. The zero-order valence-corrected chi connectivity index (χ0v) is 15.5. The molecule has 0 aliphatic carbocycles. The molecule has 3 aromatic rings. The van der Waals surface area contributed by atoms with Crippen LogP contribution in [0.1, 0.15) is 29.8 Å². The number of rotatable bonds is 5. The van der Waals surface area contributed by atoms with Gasteiger partial charge in [-0.1, -0.05) is 23.7 Å². The van der Waals surface area contributed by atoms with Gasteiger partial charge in [-0.05, 0) is 37.6 Å². The van der Waals surface area contributed by atoms with Crippen molar-refractivity contribution in [3.05, 3.63) is 65.0 Å². The van der Waals surface area contributed by atoms with Crippen molar-refractivity contribution < 1.29 is 4.79 Å². The molecule has 1 atom stereocenters. The Balaban J connectivity index is 1.64. The van der Waals surface area contributed by atoms with Crippen molar-refractivity contribution in [2.24, 2.45) is 7.05 Å². The first kappa shape index (κ1) is 17.9. The molecule has 0 aliphatic rings. The van der Waals surface area contributed by atoms with E-state index in [1.54, 1.807) is 28.8 Å². The Bertz CT molecular complexity index is 928. The molecule has 2 aromatic heterocycles. The van der Waals surface area contributed by atoms with Gasteiger partial charge in [0, 0.05) is 18.7 Å². The van der Waals surface area contributed by atoms with Crippen LogP contribution in [-0.4, -0.2) is 30.5 Å². The standard InChI is InChI=1S/C18H19ClN6O/c1-12(14-4-6-15(7-5-14)25-11-20-10-21-25)22-17(26)9-8-16-13(2)23-24(3)18(16)19/h4-12H,1-3H3,(H,22,26)/b9-8+. The van der Waals surface area contributed by atoms with Gasteiger partial charge in [0.2, 0.25) is 5.91 Å². The summed E-state index contributed by atoms with van der Waals surface area (Å²) in [7, 11) is 1.76. The number of nitrogens with zero attached hydrogens (tertiary/aromatic N) is 5. The summed E-state index contributed by atoms with van der Waals surface area (Å²) in [6.07, 6.45) is 6.27. The maximum atomic E-state index is 12.2. The van der Waals surface area contributed by atoms with Gasteiger partial charge < -0.3 is 5.32 Å². The van der Waals surface area contributed by atoms with Gasteiger partial charge in [-0.15, -0.1) is 0 Å². The van der Waals surface area contributed by atoms with Gasteiger partial charge in [0.15, 0.2) is 0 Å².